The smallest absolute Gasteiger partial charge is 0.322 e. The molecule has 1 aromatic heterocycles. The fraction of sp³-hybridized carbons (Fsp3) is 0.700. The maximum atomic E-state index is 9.20. The Morgan fingerprint density at radius 2 is 2.06 bits per heavy atom. The van der Waals surface area contributed by atoms with Crippen LogP contribution in [0.2, 0.25) is 5.28 Å². The molecule has 1 unspecified atom stereocenters. The third-order valence-electron chi connectivity index (χ3n) is 2.18. The first-order chi connectivity index (χ1) is 8.06. The Morgan fingerprint density at radius 1 is 1.35 bits per heavy atom. The lowest BCUT2D eigenvalue weighted by Crippen LogP contribution is -2.30. The van der Waals surface area contributed by atoms with Crippen molar-refractivity contribution in [3.05, 3.63) is 5.28 Å². The number of hydrogen-bond acceptors (Lipinski definition) is 6. The van der Waals surface area contributed by atoms with E-state index in [4.69, 9.17) is 16.3 Å². The average molecular weight is 261 g/mol. The zero-order chi connectivity index (χ0) is 12.8. The van der Waals surface area contributed by atoms with Crippen molar-refractivity contribution in [1.82, 2.24) is 15.0 Å². The van der Waals surface area contributed by atoms with Gasteiger partial charge in [-0.25, -0.2) is 0 Å². The number of aliphatic hydroxyl groups excluding tert-OH is 1. The van der Waals surface area contributed by atoms with Gasteiger partial charge in [0.2, 0.25) is 11.2 Å². The zero-order valence-corrected chi connectivity index (χ0v) is 10.9. The fourth-order valence-corrected chi connectivity index (χ4v) is 1.33. The monoisotopic (exact) mass is 260 g/mol. The van der Waals surface area contributed by atoms with E-state index in [0.29, 0.717) is 12.6 Å². The summed E-state index contributed by atoms with van der Waals surface area (Å²) in [6.07, 6.45) is 0. The van der Waals surface area contributed by atoms with Crippen LogP contribution in [0.25, 0.3) is 0 Å². The van der Waals surface area contributed by atoms with Gasteiger partial charge in [0.1, 0.15) is 0 Å². The molecular weight excluding hydrogens is 244 g/mol. The third kappa shape index (κ3) is 4.32. The van der Waals surface area contributed by atoms with Gasteiger partial charge in [-0.1, -0.05) is 13.8 Å². The van der Waals surface area contributed by atoms with Crippen LogP contribution in [0.4, 0.5) is 5.95 Å². The molecule has 96 valence electrons. The SMILES string of the molecule is CCOc1nc(Cl)nc(NC(CO)C(C)C)n1. The van der Waals surface area contributed by atoms with Gasteiger partial charge in [-0.05, 0) is 24.4 Å². The van der Waals surface area contributed by atoms with Crippen molar-refractivity contribution >= 4 is 17.5 Å². The summed E-state index contributed by atoms with van der Waals surface area (Å²) in [4.78, 5) is 11.8. The Kier molecular flexibility index (Phi) is 5.37. The third-order valence-corrected chi connectivity index (χ3v) is 2.35. The van der Waals surface area contributed by atoms with Gasteiger partial charge < -0.3 is 15.2 Å². The molecule has 1 atom stereocenters. The highest BCUT2D eigenvalue weighted by atomic mass is 35.5. The molecule has 0 amide bonds. The molecule has 7 heteroatoms. The Balaban J connectivity index is 2.82. The summed E-state index contributed by atoms with van der Waals surface area (Å²) < 4.78 is 5.15. The highest BCUT2D eigenvalue weighted by Gasteiger charge is 2.14. The second-order valence-electron chi connectivity index (χ2n) is 3.82. The molecule has 1 aromatic rings. The van der Waals surface area contributed by atoms with Crippen LogP contribution in [-0.2, 0) is 0 Å². The number of nitrogens with one attached hydrogen (secondary N) is 1. The molecule has 2 N–H and O–H groups in total. The first kappa shape index (κ1) is 13.9. The molecule has 0 saturated carbocycles. The lowest BCUT2D eigenvalue weighted by Gasteiger charge is -2.19. The van der Waals surface area contributed by atoms with Crippen molar-refractivity contribution in [2.24, 2.45) is 5.92 Å². The number of rotatable bonds is 6. The summed E-state index contributed by atoms with van der Waals surface area (Å²) in [6, 6.07) is 0.0402. The lowest BCUT2D eigenvalue weighted by molar-refractivity contribution is 0.248. The minimum absolute atomic E-state index is 0.00899. The van der Waals surface area contributed by atoms with Gasteiger partial charge >= 0.3 is 6.01 Å². The maximum absolute atomic E-state index is 9.20. The second-order valence-corrected chi connectivity index (χ2v) is 4.16. The van der Waals surface area contributed by atoms with E-state index in [-0.39, 0.29) is 29.9 Å². The highest BCUT2D eigenvalue weighted by molar-refractivity contribution is 6.28. The number of aliphatic hydroxyl groups is 1. The first-order valence-corrected chi connectivity index (χ1v) is 5.86. The summed E-state index contributed by atoms with van der Waals surface area (Å²) >= 11 is 5.75. The van der Waals surface area contributed by atoms with E-state index in [1.165, 1.54) is 0 Å². The van der Waals surface area contributed by atoms with E-state index in [1.54, 1.807) is 0 Å². The van der Waals surface area contributed by atoms with Crippen molar-refractivity contribution < 1.29 is 9.84 Å². The molecule has 6 nitrogen and oxygen atoms in total. The predicted octanol–water partition coefficient (Wildman–Crippen LogP) is 1.35. The van der Waals surface area contributed by atoms with E-state index in [1.807, 2.05) is 20.8 Å². The molecule has 0 bridgehead atoms. The second kappa shape index (κ2) is 6.56. The van der Waals surface area contributed by atoms with E-state index in [9.17, 15) is 5.11 Å². The van der Waals surface area contributed by atoms with Gasteiger partial charge in [0.05, 0.1) is 19.3 Å². The number of halogens is 1. The molecule has 0 aliphatic rings. The van der Waals surface area contributed by atoms with Crippen LogP contribution in [-0.4, -0.2) is 39.3 Å². The minimum atomic E-state index is -0.136. The van der Waals surface area contributed by atoms with Crippen LogP contribution in [0.5, 0.6) is 6.01 Å². The van der Waals surface area contributed by atoms with Crippen molar-refractivity contribution in [2.75, 3.05) is 18.5 Å². The van der Waals surface area contributed by atoms with Crippen LogP contribution in [0.1, 0.15) is 20.8 Å². The largest absolute Gasteiger partial charge is 0.464 e. The Labute approximate surface area is 105 Å². The number of anilines is 1. The Morgan fingerprint density at radius 3 is 2.59 bits per heavy atom. The normalized spacial score (nSPS) is 12.6. The van der Waals surface area contributed by atoms with E-state index in [2.05, 4.69) is 20.3 Å². The van der Waals surface area contributed by atoms with Crippen molar-refractivity contribution in [1.29, 1.82) is 0 Å². The number of hydrogen-bond donors (Lipinski definition) is 2. The molecule has 0 spiro atoms. The molecule has 17 heavy (non-hydrogen) atoms. The quantitative estimate of drug-likeness (QED) is 0.804. The first-order valence-electron chi connectivity index (χ1n) is 5.48. The van der Waals surface area contributed by atoms with Crippen LogP contribution in [0.3, 0.4) is 0 Å². The molecule has 0 radical (unpaired) electrons. The Bertz CT molecular complexity index is 362. The van der Waals surface area contributed by atoms with Crippen LogP contribution in [0.15, 0.2) is 0 Å². The van der Waals surface area contributed by atoms with Gasteiger partial charge in [-0.2, -0.15) is 15.0 Å². The topological polar surface area (TPSA) is 80.2 Å². The van der Waals surface area contributed by atoms with Crippen LogP contribution < -0.4 is 10.1 Å². The van der Waals surface area contributed by atoms with E-state index >= 15 is 0 Å². The highest BCUT2D eigenvalue weighted by Crippen LogP contribution is 2.14. The molecular formula is C10H17ClN4O2. The van der Waals surface area contributed by atoms with Gasteiger partial charge in [0.15, 0.2) is 0 Å². The maximum Gasteiger partial charge on any atom is 0.322 e. The average Bonchev–Trinajstić information content (AvgIpc) is 2.25. The van der Waals surface area contributed by atoms with Gasteiger partial charge in [0.25, 0.3) is 0 Å². The number of aromatic nitrogens is 3. The minimum Gasteiger partial charge on any atom is -0.464 e. The number of ether oxygens (including phenoxy) is 1. The molecule has 1 rings (SSSR count). The molecule has 1 heterocycles. The molecule has 0 aliphatic heterocycles. The fourth-order valence-electron chi connectivity index (χ4n) is 1.18. The molecule has 0 aromatic carbocycles. The molecule has 0 fully saturated rings. The lowest BCUT2D eigenvalue weighted by atomic mass is 10.1. The summed E-state index contributed by atoms with van der Waals surface area (Å²) in [7, 11) is 0. The van der Waals surface area contributed by atoms with Gasteiger partial charge in [-0.3, -0.25) is 0 Å². The van der Waals surface area contributed by atoms with E-state index < -0.39 is 0 Å². The van der Waals surface area contributed by atoms with Crippen molar-refractivity contribution in [2.45, 2.75) is 26.8 Å². The van der Waals surface area contributed by atoms with Crippen LogP contribution >= 0.6 is 11.6 Å². The standard InChI is InChI=1S/C10H17ClN4O2/c1-4-17-10-14-8(11)13-9(15-10)12-7(5-16)6(2)3/h6-7,16H,4-5H2,1-3H3,(H,12,13,14,15). The van der Waals surface area contributed by atoms with E-state index in [0.717, 1.165) is 0 Å². The summed E-state index contributed by atoms with van der Waals surface area (Å²) in [5.41, 5.74) is 0. The summed E-state index contributed by atoms with van der Waals surface area (Å²) in [5.74, 6) is 0.548. The summed E-state index contributed by atoms with van der Waals surface area (Å²) in [5, 5.41) is 12.3. The predicted molar refractivity (Wildman–Crippen MR) is 65.3 cm³/mol. The van der Waals surface area contributed by atoms with Gasteiger partial charge in [0, 0.05) is 0 Å². The van der Waals surface area contributed by atoms with Crippen molar-refractivity contribution in [3.63, 3.8) is 0 Å². The Hall–Kier alpha value is -1.14. The number of nitrogens with zero attached hydrogens (tertiary/aromatic N) is 3. The van der Waals surface area contributed by atoms with Crippen molar-refractivity contribution in [3.8, 4) is 6.01 Å². The zero-order valence-electron chi connectivity index (χ0n) is 10.1. The molecule has 0 aliphatic carbocycles. The summed E-state index contributed by atoms with van der Waals surface area (Å²) in [6.45, 7) is 6.24. The molecule has 0 saturated heterocycles. The van der Waals surface area contributed by atoms with Gasteiger partial charge in [-0.15, -0.1) is 0 Å². The van der Waals surface area contributed by atoms with Crippen LogP contribution in [0, 0.1) is 5.92 Å².